The Labute approximate surface area is 191 Å². The number of hydrogen-bond acceptors (Lipinski definition) is 8. The van der Waals surface area contributed by atoms with Gasteiger partial charge in [0.05, 0.1) is 15.5 Å². The number of anilines is 1. The summed E-state index contributed by atoms with van der Waals surface area (Å²) in [6.45, 7) is 0.993. The van der Waals surface area contributed by atoms with Crippen LogP contribution in [0.1, 0.15) is 29.1 Å². The summed E-state index contributed by atoms with van der Waals surface area (Å²) in [7, 11) is -7.07. The van der Waals surface area contributed by atoms with Crippen LogP contribution >= 0.6 is 0 Å². The molecule has 3 aromatic rings. The largest absolute Gasteiger partial charge is 0.408 e. The molecule has 33 heavy (non-hydrogen) atoms. The molecular weight excluding hydrogens is 468 g/mol. The second-order valence-corrected chi connectivity index (χ2v) is 11.5. The summed E-state index contributed by atoms with van der Waals surface area (Å²) >= 11 is 0. The first-order valence-corrected chi connectivity index (χ1v) is 13.4. The molecule has 0 unspecified atom stereocenters. The van der Waals surface area contributed by atoms with E-state index in [9.17, 15) is 21.6 Å². The number of carbonyl (C=O) groups is 1. The third-order valence-electron chi connectivity index (χ3n) is 5.19. The number of nitrogens with zero attached hydrogens (tertiary/aromatic N) is 3. The topological polar surface area (TPSA) is 140 Å². The second-order valence-electron chi connectivity index (χ2n) is 7.47. The van der Waals surface area contributed by atoms with Crippen molar-refractivity contribution >= 4 is 31.8 Å². The lowest BCUT2D eigenvalue weighted by atomic mass is 10.2. The monoisotopic (exact) mass is 490 g/mol. The van der Waals surface area contributed by atoms with Gasteiger partial charge in [-0.25, -0.2) is 16.8 Å². The molecule has 0 bridgehead atoms. The summed E-state index contributed by atoms with van der Waals surface area (Å²) in [5, 5.41) is 9.92. The lowest BCUT2D eigenvalue weighted by Gasteiger charge is -2.15. The Balaban J connectivity index is 1.36. The number of aromatic nitrogens is 2. The van der Waals surface area contributed by atoms with Gasteiger partial charge in [0.2, 0.25) is 15.9 Å². The van der Waals surface area contributed by atoms with Gasteiger partial charge < -0.3 is 4.42 Å². The highest BCUT2D eigenvalue weighted by Crippen LogP contribution is 2.21. The molecule has 4 rings (SSSR count). The minimum Gasteiger partial charge on any atom is -0.408 e. The van der Waals surface area contributed by atoms with Crippen LogP contribution in [0.15, 0.2) is 68.8 Å². The summed E-state index contributed by atoms with van der Waals surface area (Å²) in [4.78, 5) is 12.8. The zero-order valence-electron chi connectivity index (χ0n) is 17.5. The number of sulfonamides is 1. The van der Waals surface area contributed by atoms with Gasteiger partial charge in [0.1, 0.15) is 0 Å². The van der Waals surface area contributed by atoms with Crippen LogP contribution in [-0.2, 0) is 26.3 Å². The molecule has 12 heteroatoms. The molecule has 1 amide bonds. The quantitative estimate of drug-likeness (QED) is 0.506. The van der Waals surface area contributed by atoms with Crippen molar-refractivity contribution < 1.29 is 26.0 Å². The van der Waals surface area contributed by atoms with Gasteiger partial charge in [-0.05, 0) is 49.2 Å². The van der Waals surface area contributed by atoms with Crippen LogP contribution in [0.25, 0.3) is 0 Å². The summed E-state index contributed by atoms with van der Waals surface area (Å²) in [5.74, 6) is -0.719. The van der Waals surface area contributed by atoms with Crippen LogP contribution < -0.4 is 5.32 Å². The molecule has 0 radical (unpaired) electrons. The van der Waals surface area contributed by atoms with Crippen LogP contribution in [0.5, 0.6) is 0 Å². The van der Waals surface area contributed by atoms with Crippen molar-refractivity contribution in [2.24, 2.45) is 0 Å². The molecule has 1 N–H and O–H groups in total. The van der Waals surface area contributed by atoms with Gasteiger partial charge in [-0.1, -0.05) is 23.3 Å². The molecule has 0 atom stereocenters. The number of sulfone groups is 1. The summed E-state index contributed by atoms with van der Waals surface area (Å²) < 4.78 is 56.6. The molecule has 0 aliphatic carbocycles. The van der Waals surface area contributed by atoms with Gasteiger partial charge in [-0.3, -0.25) is 10.1 Å². The van der Waals surface area contributed by atoms with Crippen LogP contribution in [0.2, 0.25) is 0 Å². The molecule has 0 spiro atoms. The SMILES string of the molecule is O=C(Nc1nnc(CCS(=O)(=O)c2ccccc2)o1)c1ccc(S(=O)(=O)N2CCCC2)cc1. The first kappa shape index (κ1) is 23.1. The highest BCUT2D eigenvalue weighted by molar-refractivity contribution is 7.91. The highest BCUT2D eigenvalue weighted by atomic mass is 32.2. The Morgan fingerprint density at radius 2 is 1.58 bits per heavy atom. The number of carbonyl (C=O) groups excluding carboxylic acids is 1. The van der Waals surface area contributed by atoms with Crippen LogP contribution in [0.3, 0.4) is 0 Å². The van der Waals surface area contributed by atoms with Gasteiger partial charge in [0.15, 0.2) is 9.84 Å². The number of amides is 1. The minimum absolute atomic E-state index is 0.0108. The predicted octanol–water partition coefficient (Wildman–Crippen LogP) is 2.12. The Kier molecular flexibility index (Phi) is 6.58. The smallest absolute Gasteiger partial charge is 0.322 e. The van der Waals surface area contributed by atoms with Gasteiger partial charge in [0, 0.05) is 25.1 Å². The minimum atomic E-state index is -3.56. The van der Waals surface area contributed by atoms with Crippen molar-refractivity contribution in [1.29, 1.82) is 0 Å². The van der Waals surface area contributed by atoms with Gasteiger partial charge >= 0.3 is 6.01 Å². The lowest BCUT2D eigenvalue weighted by molar-refractivity contribution is 0.102. The van der Waals surface area contributed by atoms with Crippen LogP contribution in [0, 0.1) is 0 Å². The molecule has 174 valence electrons. The molecule has 1 fully saturated rings. The zero-order chi connectivity index (χ0) is 23.5. The highest BCUT2D eigenvalue weighted by Gasteiger charge is 2.27. The van der Waals surface area contributed by atoms with Crippen molar-refractivity contribution in [2.75, 3.05) is 24.2 Å². The third kappa shape index (κ3) is 5.29. The maximum absolute atomic E-state index is 12.6. The maximum Gasteiger partial charge on any atom is 0.322 e. The number of benzene rings is 2. The Bertz CT molecular complexity index is 1330. The van der Waals surface area contributed by atoms with E-state index in [4.69, 9.17) is 4.42 Å². The first-order valence-electron chi connectivity index (χ1n) is 10.3. The van der Waals surface area contributed by atoms with Crippen molar-refractivity contribution in [3.63, 3.8) is 0 Å². The van der Waals surface area contributed by atoms with Gasteiger partial charge in [0.25, 0.3) is 5.91 Å². The fraction of sp³-hybridized carbons (Fsp3) is 0.286. The molecule has 1 aromatic heterocycles. The number of aryl methyl sites for hydroxylation is 1. The number of hydrogen-bond donors (Lipinski definition) is 1. The van der Waals surface area contributed by atoms with Gasteiger partial charge in [-0.15, -0.1) is 5.10 Å². The lowest BCUT2D eigenvalue weighted by Crippen LogP contribution is -2.27. The normalized spacial score (nSPS) is 14.9. The predicted molar refractivity (Wildman–Crippen MR) is 119 cm³/mol. The van der Waals surface area contributed by atoms with E-state index in [2.05, 4.69) is 15.5 Å². The van der Waals surface area contributed by atoms with Crippen molar-refractivity contribution in [3.8, 4) is 0 Å². The van der Waals surface area contributed by atoms with E-state index in [1.165, 1.54) is 40.7 Å². The van der Waals surface area contributed by atoms with Crippen LogP contribution in [0.4, 0.5) is 6.01 Å². The molecule has 10 nitrogen and oxygen atoms in total. The molecule has 2 heterocycles. The van der Waals surface area contributed by atoms with Crippen molar-refractivity contribution in [1.82, 2.24) is 14.5 Å². The van der Waals surface area contributed by atoms with E-state index in [0.717, 1.165) is 12.8 Å². The second kappa shape index (κ2) is 9.41. The summed E-state index contributed by atoms with van der Waals surface area (Å²) in [6, 6.07) is 13.4. The number of nitrogens with one attached hydrogen (secondary N) is 1. The summed E-state index contributed by atoms with van der Waals surface area (Å²) in [6.07, 6.45) is 1.66. The third-order valence-corrected chi connectivity index (χ3v) is 8.84. The van der Waals surface area contributed by atoms with E-state index < -0.39 is 25.8 Å². The van der Waals surface area contributed by atoms with Crippen LogP contribution in [-0.4, -0.2) is 56.1 Å². The molecule has 1 saturated heterocycles. The molecule has 2 aromatic carbocycles. The molecule has 1 aliphatic rings. The number of rotatable bonds is 8. The fourth-order valence-electron chi connectivity index (χ4n) is 3.40. The molecule has 1 aliphatic heterocycles. The molecule has 0 saturated carbocycles. The average molecular weight is 491 g/mol. The zero-order valence-corrected chi connectivity index (χ0v) is 19.2. The standard InChI is InChI=1S/C21H22N4O6S2/c26-20(16-8-10-18(11-9-16)33(29,30)25-13-4-5-14-25)22-21-24-23-19(31-21)12-15-32(27,28)17-6-2-1-3-7-17/h1-3,6-11H,4-5,12-15H2,(H,22,24,26). The van der Waals surface area contributed by atoms with Gasteiger partial charge in [-0.2, -0.15) is 4.31 Å². The van der Waals surface area contributed by atoms with Crippen molar-refractivity contribution in [2.45, 2.75) is 29.1 Å². The summed E-state index contributed by atoms with van der Waals surface area (Å²) in [5.41, 5.74) is 0.210. The van der Waals surface area contributed by atoms with E-state index in [-0.39, 0.29) is 39.4 Å². The Hall–Kier alpha value is -3.09. The van der Waals surface area contributed by atoms with Crippen molar-refractivity contribution in [3.05, 3.63) is 66.1 Å². The maximum atomic E-state index is 12.6. The average Bonchev–Trinajstić information content (AvgIpc) is 3.51. The van der Waals surface area contributed by atoms with E-state index in [1.54, 1.807) is 18.2 Å². The van der Waals surface area contributed by atoms with E-state index >= 15 is 0 Å². The fourth-order valence-corrected chi connectivity index (χ4v) is 6.17. The Morgan fingerprint density at radius 3 is 2.24 bits per heavy atom. The first-order chi connectivity index (χ1) is 15.8. The molecular formula is C21H22N4O6S2. The van der Waals surface area contributed by atoms with E-state index in [1.807, 2.05) is 0 Å². The van der Waals surface area contributed by atoms with E-state index in [0.29, 0.717) is 13.1 Å². The Morgan fingerprint density at radius 1 is 0.909 bits per heavy atom.